The first-order chi connectivity index (χ1) is 26.3. The average Bonchev–Trinajstić information content (AvgIpc) is 3.16. The van der Waals surface area contributed by atoms with Crippen LogP contribution in [0.2, 0.25) is 0 Å². The number of nitrogens with two attached hydrogens (primary N) is 1. The Balaban J connectivity index is 4.08. The minimum atomic E-state index is -4.37. The van der Waals surface area contributed by atoms with Crippen molar-refractivity contribution in [1.29, 1.82) is 0 Å². The van der Waals surface area contributed by atoms with Gasteiger partial charge in [0.2, 0.25) is 0 Å². The number of phosphoric ester groups is 1. The van der Waals surface area contributed by atoms with E-state index in [0.717, 1.165) is 57.8 Å². The highest BCUT2D eigenvalue weighted by Gasteiger charge is 2.26. The molecular formula is C44H84NO8P. The molecule has 0 rings (SSSR count). The molecule has 0 heterocycles. The molecule has 2 atom stereocenters. The Kier molecular flexibility index (Phi) is 40.0. The molecule has 0 saturated carbocycles. The monoisotopic (exact) mass is 786 g/mol. The van der Waals surface area contributed by atoms with Crippen LogP contribution in [-0.4, -0.2) is 49.3 Å². The van der Waals surface area contributed by atoms with E-state index in [0.29, 0.717) is 6.42 Å². The predicted octanol–water partition coefficient (Wildman–Crippen LogP) is 12.8. The van der Waals surface area contributed by atoms with Gasteiger partial charge in [-0.05, 0) is 64.2 Å². The molecular weight excluding hydrogens is 701 g/mol. The van der Waals surface area contributed by atoms with Crippen LogP contribution in [0, 0.1) is 0 Å². The van der Waals surface area contributed by atoms with Crippen LogP contribution in [0.1, 0.15) is 213 Å². The molecule has 0 aromatic heterocycles. The zero-order chi connectivity index (χ0) is 39.6. The molecule has 2 unspecified atom stereocenters. The molecule has 54 heavy (non-hydrogen) atoms. The average molecular weight is 786 g/mol. The Morgan fingerprint density at radius 1 is 0.537 bits per heavy atom. The molecule has 0 aromatic rings. The number of phosphoric acid groups is 1. The highest BCUT2D eigenvalue weighted by atomic mass is 31.2. The van der Waals surface area contributed by atoms with E-state index in [9.17, 15) is 19.0 Å². The van der Waals surface area contributed by atoms with Gasteiger partial charge in [-0.3, -0.25) is 18.6 Å². The summed E-state index contributed by atoms with van der Waals surface area (Å²) in [6.45, 7) is 3.71. The van der Waals surface area contributed by atoms with Crippen molar-refractivity contribution in [3.63, 3.8) is 0 Å². The zero-order valence-corrected chi connectivity index (χ0v) is 35.9. The number of hydrogen-bond donors (Lipinski definition) is 2. The fourth-order valence-electron chi connectivity index (χ4n) is 6.21. The van der Waals surface area contributed by atoms with Gasteiger partial charge in [-0.1, -0.05) is 160 Å². The van der Waals surface area contributed by atoms with E-state index in [1.54, 1.807) is 0 Å². The number of rotatable bonds is 42. The van der Waals surface area contributed by atoms with Crippen molar-refractivity contribution in [2.24, 2.45) is 5.73 Å². The van der Waals surface area contributed by atoms with Crippen molar-refractivity contribution in [1.82, 2.24) is 0 Å². The standard InChI is InChI=1S/C44H84NO8P/c1-3-5-7-9-11-13-15-17-18-19-20-21-22-23-24-25-27-29-31-33-35-37-44(47)53-42(41-52-54(48,49)51-39-38-45)40-50-43(46)36-34-32-30-28-26-16-14-12-10-8-6-4-2/h12,14,19-20,42H,3-11,13,15-18,21-41,45H2,1-2H3,(H,48,49)/b14-12-,20-19-. The van der Waals surface area contributed by atoms with Crippen molar-refractivity contribution in [3.05, 3.63) is 24.3 Å². The summed E-state index contributed by atoms with van der Waals surface area (Å²) < 4.78 is 32.8. The van der Waals surface area contributed by atoms with Crippen molar-refractivity contribution >= 4 is 19.8 Å². The molecule has 10 heteroatoms. The third kappa shape index (κ3) is 40.2. The topological polar surface area (TPSA) is 134 Å². The highest BCUT2D eigenvalue weighted by Crippen LogP contribution is 2.43. The Morgan fingerprint density at radius 3 is 1.35 bits per heavy atom. The molecule has 0 aliphatic rings. The molecule has 318 valence electrons. The first-order valence-electron chi connectivity index (χ1n) is 22.3. The molecule has 0 aromatic carbocycles. The first-order valence-corrected chi connectivity index (χ1v) is 23.8. The first kappa shape index (κ1) is 52.5. The van der Waals surface area contributed by atoms with Gasteiger partial charge in [0.15, 0.2) is 6.10 Å². The molecule has 0 amide bonds. The Bertz CT molecular complexity index is 944. The predicted molar refractivity (Wildman–Crippen MR) is 224 cm³/mol. The van der Waals surface area contributed by atoms with Crippen LogP contribution in [0.25, 0.3) is 0 Å². The fourth-order valence-corrected chi connectivity index (χ4v) is 6.98. The van der Waals surface area contributed by atoms with Crippen molar-refractivity contribution in [2.75, 3.05) is 26.4 Å². The second-order valence-corrected chi connectivity index (χ2v) is 16.4. The van der Waals surface area contributed by atoms with Gasteiger partial charge in [-0.15, -0.1) is 0 Å². The van der Waals surface area contributed by atoms with Crippen LogP contribution < -0.4 is 5.73 Å². The summed E-state index contributed by atoms with van der Waals surface area (Å²) >= 11 is 0. The number of hydrogen-bond acceptors (Lipinski definition) is 8. The summed E-state index contributed by atoms with van der Waals surface area (Å²) in [5.74, 6) is -0.836. The lowest BCUT2D eigenvalue weighted by Crippen LogP contribution is -2.29. The molecule has 0 radical (unpaired) electrons. The molecule has 0 bridgehead atoms. The Morgan fingerprint density at radius 2 is 0.907 bits per heavy atom. The van der Waals surface area contributed by atoms with E-state index in [-0.39, 0.29) is 38.6 Å². The number of unbranched alkanes of at least 4 members (excludes halogenated alkanes) is 25. The third-order valence-corrected chi connectivity index (χ3v) is 10.5. The van der Waals surface area contributed by atoms with Gasteiger partial charge in [0.1, 0.15) is 6.61 Å². The van der Waals surface area contributed by atoms with Crippen LogP contribution in [0.5, 0.6) is 0 Å². The summed E-state index contributed by atoms with van der Waals surface area (Å²) in [6.07, 6.45) is 43.5. The Hall–Kier alpha value is -1.51. The molecule has 0 saturated heterocycles. The van der Waals surface area contributed by atoms with E-state index in [4.69, 9.17) is 24.3 Å². The van der Waals surface area contributed by atoms with Crippen LogP contribution in [0.4, 0.5) is 0 Å². The number of allylic oxidation sites excluding steroid dienone is 4. The molecule has 0 aliphatic carbocycles. The second kappa shape index (κ2) is 41.1. The number of esters is 2. The zero-order valence-electron chi connectivity index (χ0n) is 35.0. The van der Waals surface area contributed by atoms with Gasteiger partial charge in [-0.2, -0.15) is 0 Å². The quantitative estimate of drug-likeness (QED) is 0.0268. The number of ether oxygens (including phenoxy) is 2. The smallest absolute Gasteiger partial charge is 0.462 e. The number of carbonyl (C=O) groups is 2. The summed E-state index contributed by atoms with van der Waals surface area (Å²) in [7, 11) is -4.37. The van der Waals surface area contributed by atoms with Gasteiger partial charge < -0.3 is 20.1 Å². The molecule has 0 spiro atoms. The number of carbonyl (C=O) groups excluding carboxylic acids is 2. The SMILES string of the molecule is CCCCC/C=C\CCCCCCCC(=O)OCC(COP(=O)(O)OCCN)OC(=O)CCCCCCCCCCC/C=C\CCCCCCCCCC. The van der Waals surface area contributed by atoms with E-state index < -0.39 is 26.5 Å². The lowest BCUT2D eigenvalue weighted by molar-refractivity contribution is -0.161. The van der Waals surface area contributed by atoms with Crippen molar-refractivity contribution < 1.29 is 37.6 Å². The van der Waals surface area contributed by atoms with Crippen LogP contribution in [0.15, 0.2) is 24.3 Å². The fraction of sp³-hybridized carbons (Fsp3) is 0.864. The van der Waals surface area contributed by atoms with Gasteiger partial charge in [0.25, 0.3) is 0 Å². The summed E-state index contributed by atoms with van der Waals surface area (Å²) in [4.78, 5) is 34.8. The van der Waals surface area contributed by atoms with E-state index in [1.165, 1.54) is 122 Å². The lowest BCUT2D eigenvalue weighted by atomic mass is 10.1. The normalized spacial score (nSPS) is 13.5. The Labute approximate surface area is 332 Å². The van der Waals surface area contributed by atoms with Crippen LogP contribution in [-0.2, 0) is 32.7 Å². The van der Waals surface area contributed by atoms with Crippen molar-refractivity contribution in [2.45, 2.75) is 219 Å². The van der Waals surface area contributed by atoms with Crippen LogP contribution >= 0.6 is 7.82 Å². The maximum absolute atomic E-state index is 12.6. The van der Waals surface area contributed by atoms with E-state index in [1.807, 2.05) is 0 Å². The minimum absolute atomic E-state index is 0.0530. The van der Waals surface area contributed by atoms with Gasteiger partial charge in [0.05, 0.1) is 13.2 Å². The molecule has 3 N–H and O–H groups in total. The lowest BCUT2D eigenvalue weighted by Gasteiger charge is -2.19. The minimum Gasteiger partial charge on any atom is -0.462 e. The van der Waals surface area contributed by atoms with Gasteiger partial charge >= 0.3 is 19.8 Å². The van der Waals surface area contributed by atoms with Crippen molar-refractivity contribution in [3.8, 4) is 0 Å². The highest BCUT2D eigenvalue weighted by molar-refractivity contribution is 7.47. The molecule has 0 aliphatic heterocycles. The summed E-state index contributed by atoms with van der Waals surface area (Å²) in [5.41, 5.74) is 5.35. The maximum Gasteiger partial charge on any atom is 0.472 e. The van der Waals surface area contributed by atoms with Gasteiger partial charge in [0, 0.05) is 19.4 Å². The largest absolute Gasteiger partial charge is 0.472 e. The second-order valence-electron chi connectivity index (χ2n) is 14.9. The summed E-state index contributed by atoms with van der Waals surface area (Å²) in [5, 5.41) is 0. The molecule has 9 nitrogen and oxygen atoms in total. The van der Waals surface area contributed by atoms with Gasteiger partial charge in [-0.25, -0.2) is 4.57 Å². The maximum atomic E-state index is 12.6. The summed E-state index contributed by atoms with van der Waals surface area (Å²) in [6, 6.07) is 0. The van der Waals surface area contributed by atoms with Crippen LogP contribution in [0.3, 0.4) is 0 Å². The molecule has 0 fully saturated rings. The van der Waals surface area contributed by atoms with E-state index in [2.05, 4.69) is 38.2 Å². The van der Waals surface area contributed by atoms with E-state index >= 15 is 0 Å². The third-order valence-electron chi connectivity index (χ3n) is 9.56.